The molecule has 134 valence electrons. The maximum Gasteiger partial charge on any atom is 0.289 e. The molecule has 1 amide bonds. The summed E-state index contributed by atoms with van der Waals surface area (Å²) in [5.41, 5.74) is 0.245. The van der Waals surface area contributed by atoms with E-state index < -0.39 is 5.82 Å². The van der Waals surface area contributed by atoms with Gasteiger partial charge in [-0.2, -0.15) is 4.98 Å². The van der Waals surface area contributed by atoms with Crippen LogP contribution in [0.2, 0.25) is 5.02 Å². The molecular formula is C18H15ClFN3O3. The van der Waals surface area contributed by atoms with Crippen molar-refractivity contribution >= 4 is 17.5 Å². The average molecular weight is 376 g/mol. The van der Waals surface area contributed by atoms with Crippen molar-refractivity contribution < 1.29 is 18.1 Å². The second-order valence-electron chi connectivity index (χ2n) is 6.12. The summed E-state index contributed by atoms with van der Waals surface area (Å²) in [6.45, 7) is 1.13. The summed E-state index contributed by atoms with van der Waals surface area (Å²) in [5, 5.41) is 4.19. The second kappa shape index (κ2) is 6.92. The van der Waals surface area contributed by atoms with E-state index in [9.17, 15) is 9.18 Å². The SMILES string of the molecule is O=C(c1ccco1)N1CCC(c2nc(-c3ccc(Cl)cc3F)no2)CC1. The van der Waals surface area contributed by atoms with Gasteiger partial charge in [0.25, 0.3) is 5.91 Å². The minimum Gasteiger partial charge on any atom is -0.459 e. The molecule has 1 fully saturated rings. The number of carbonyl (C=O) groups excluding carboxylic acids is 1. The normalized spacial score (nSPS) is 15.4. The van der Waals surface area contributed by atoms with Gasteiger partial charge in [0, 0.05) is 24.0 Å². The Hall–Kier alpha value is -2.67. The van der Waals surface area contributed by atoms with E-state index in [1.807, 2.05) is 0 Å². The van der Waals surface area contributed by atoms with Crippen LogP contribution in [0.4, 0.5) is 4.39 Å². The van der Waals surface area contributed by atoms with Crippen LogP contribution in [-0.2, 0) is 0 Å². The van der Waals surface area contributed by atoms with Crippen molar-refractivity contribution in [3.63, 3.8) is 0 Å². The lowest BCUT2D eigenvalue weighted by Gasteiger charge is -2.29. The number of amides is 1. The lowest BCUT2D eigenvalue weighted by Crippen LogP contribution is -2.37. The predicted octanol–water partition coefficient (Wildman–Crippen LogP) is 4.14. The summed E-state index contributed by atoms with van der Waals surface area (Å²) in [6, 6.07) is 7.66. The van der Waals surface area contributed by atoms with E-state index in [-0.39, 0.29) is 23.2 Å². The van der Waals surface area contributed by atoms with E-state index in [0.29, 0.717) is 42.6 Å². The molecule has 3 aromatic rings. The van der Waals surface area contributed by atoms with Crippen LogP contribution in [0.5, 0.6) is 0 Å². The van der Waals surface area contributed by atoms with Crippen molar-refractivity contribution in [2.75, 3.05) is 13.1 Å². The highest BCUT2D eigenvalue weighted by Crippen LogP contribution is 2.30. The number of rotatable bonds is 3. The van der Waals surface area contributed by atoms with E-state index in [0.717, 1.165) is 0 Å². The third kappa shape index (κ3) is 3.22. The quantitative estimate of drug-likeness (QED) is 0.687. The highest BCUT2D eigenvalue weighted by atomic mass is 35.5. The molecule has 0 radical (unpaired) electrons. The first-order chi connectivity index (χ1) is 12.6. The molecule has 0 spiro atoms. The second-order valence-corrected chi connectivity index (χ2v) is 6.56. The largest absolute Gasteiger partial charge is 0.459 e. The molecule has 0 aliphatic carbocycles. The van der Waals surface area contributed by atoms with Gasteiger partial charge < -0.3 is 13.8 Å². The maximum absolute atomic E-state index is 14.0. The first-order valence-corrected chi connectivity index (χ1v) is 8.61. The molecule has 0 unspecified atom stereocenters. The smallest absolute Gasteiger partial charge is 0.289 e. The number of halogens is 2. The van der Waals surface area contributed by atoms with Crippen LogP contribution in [0.15, 0.2) is 45.5 Å². The van der Waals surface area contributed by atoms with Crippen LogP contribution in [0, 0.1) is 5.82 Å². The van der Waals surface area contributed by atoms with Crippen LogP contribution in [0.3, 0.4) is 0 Å². The zero-order chi connectivity index (χ0) is 18.1. The van der Waals surface area contributed by atoms with Gasteiger partial charge in [0.05, 0.1) is 11.8 Å². The summed E-state index contributed by atoms with van der Waals surface area (Å²) < 4.78 is 24.5. The van der Waals surface area contributed by atoms with Gasteiger partial charge in [0.1, 0.15) is 5.82 Å². The first-order valence-electron chi connectivity index (χ1n) is 8.23. The number of furan rings is 1. The molecule has 0 N–H and O–H groups in total. The van der Waals surface area contributed by atoms with Gasteiger partial charge in [0.15, 0.2) is 5.76 Å². The third-order valence-electron chi connectivity index (χ3n) is 4.48. The standard InChI is InChI=1S/C18H15ClFN3O3/c19-12-3-4-13(14(20)10-12)16-21-17(26-22-16)11-5-7-23(8-6-11)18(24)15-2-1-9-25-15/h1-4,9-11H,5-8H2. The number of likely N-dealkylation sites (tertiary alicyclic amines) is 1. The number of aromatic nitrogens is 2. The number of hydrogen-bond acceptors (Lipinski definition) is 5. The van der Waals surface area contributed by atoms with Crippen LogP contribution in [0.1, 0.15) is 35.2 Å². The van der Waals surface area contributed by atoms with Crippen LogP contribution < -0.4 is 0 Å². The Kier molecular flexibility index (Phi) is 4.46. The molecular weight excluding hydrogens is 361 g/mol. The maximum atomic E-state index is 14.0. The topological polar surface area (TPSA) is 72.4 Å². The van der Waals surface area contributed by atoms with Crippen molar-refractivity contribution in [2.45, 2.75) is 18.8 Å². The lowest BCUT2D eigenvalue weighted by molar-refractivity contribution is 0.0672. The Balaban J connectivity index is 1.44. The van der Waals surface area contributed by atoms with Gasteiger partial charge in [-0.25, -0.2) is 4.39 Å². The third-order valence-corrected chi connectivity index (χ3v) is 4.71. The molecule has 26 heavy (non-hydrogen) atoms. The van der Waals surface area contributed by atoms with Crippen LogP contribution >= 0.6 is 11.6 Å². The van der Waals surface area contributed by atoms with Crippen molar-refractivity contribution in [3.05, 3.63) is 59.1 Å². The number of carbonyl (C=O) groups is 1. The van der Waals surface area contributed by atoms with Gasteiger partial charge in [-0.1, -0.05) is 16.8 Å². The molecule has 0 bridgehead atoms. The summed E-state index contributed by atoms with van der Waals surface area (Å²) >= 11 is 5.76. The summed E-state index contributed by atoms with van der Waals surface area (Å²) in [5.74, 6) is 0.406. The van der Waals surface area contributed by atoms with Gasteiger partial charge >= 0.3 is 0 Å². The lowest BCUT2D eigenvalue weighted by atomic mass is 9.96. The number of nitrogens with zero attached hydrogens (tertiary/aromatic N) is 3. The molecule has 1 saturated heterocycles. The molecule has 0 atom stereocenters. The highest BCUT2D eigenvalue weighted by Gasteiger charge is 2.29. The Labute approximate surface area is 153 Å². The van der Waals surface area contributed by atoms with Gasteiger partial charge in [-0.3, -0.25) is 4.79 Å². The predicted molar refractivity (Wildman–Crippen MR) is 91.3 cm³/mol. The van der Waals surface area contributed by atoms with Crippen LogP contribution in [0.25, 0.3) is 11.4 Å². The van der Waals surface area contributed by atoms with Gasteiger partial charge in [-0.15, -0.1) is 0 Å². The Bertz CT molecular complexity index is 918. The van der Waals surface area contributed by atoms with E-state index in [1.54, 1.807) is 23.1 Å². The fourth-order valence-corrected chi connectivity index (χ4v) is 3.23. The first kappa shape index (κ1) is 16.8. The minimum absolute atomic E-state index is 0.0345. The number of hydrogen-bond donors (Lipinski definition) is 0. The molecule has 1 aromatic carbocycles. The molecule has 3 heterocycles. The van der Waals surface area contributed by atoms with Gasteiger partial charge in [0.2, 0.25) is 11.7 Å². The molecule has 2 aromatic heterocycles. The molecule has 4 rings (SSSR count). The Morgan fingerprint density at radius 1 is 1.27 bits per heavy atom. The van der Waals surface area contributed by atoms with Crippen molar-refractivity contribution in [3.8, 4) is 11.4 Å². The fourth-order valence-electron chi connectivity index (χ4n) is 3.07. The van der Waals surface area contributed by atoms with E-state index >= 15 is 0 Å². The Morgan fingerprint density at radius 3 is 2.77 bits per heavy atom. The van der Waals surface area contributed by atoms with Gasteiger partial charge in [-0.05, 0) is 43.2 Å². The molecule has 6 nitrogen and oxygen atoms in total. The summed E-state index contributed by atoms with van der Waals surface area (Å²) in [7, 11) is 0. The van der Waals surface area contributed by atoms with Crippen molar-refractivity contribution in [2.24, 2.45) is 0 Å². The van der Waals surface area contributed by atoms with E-state index in [4.69, 9.17) is 20.5 Å². The molecule has 1 aliphatic rings. The van der Waals surface area contributed by atoms with Crippen molar-refractivity contribution in [1.82, 2.24) is 15.0 Å². The Morgan fingerprint density at radius 2 is 2.08 bits per heavy atom. The van der Waals surface area contributed by atoms with E-state index in [1.165, 1.54) is 18.4 Å². The van der Waals surface area contributed by atoms with Crippen molar-refractivity contribution in [1.29, 1.82) is 0 Å². The highest BCUT2D eigenvalue weighted by molar-refractivity contribution is 6.30. The molecule has 0 saturated carbocycles. The average Bonchev–Trinajstić information content (AvgIpc) is 3.33. The zero-order valence-electron chi connectivity index (χ0n) is 13.7. The monoisotopic (exact) mass is 375 g/mol. The molecule has 1 aliphatic heterocycles. The van der Waals surface area contributed by atoms with E-state index in [2.05, 4.69) is 10.1 Å². The van der Waals surface area contributed by atoms with Crippen LogP contribution in [-0.4, -0.2) is 34.0 Å². The summed E-state index contributed by atoms with van der Waals surface area (Å²) in [4.78, 5) is 18.4. The fraction of sp³-hybridized carbons (Fsp3) is 0.278. The zero-order valence-corrected chi connectivity index (χ0v) is 14.4. The minimum atomic E-state index is -0.497. The molecule has 8 heteroatoms. The number of benzene rings is 1. The summed E-state index contributed by atoms with van der Waals surface area (Å²) in [6.07, 6.45) is 2.87. The number of piperidine rings is 1.